The molecule has 1 aliphatic heterocycles. The zero-order chi connectivity index (χ0) is 18.5. The summed E-state index contributed by atoms with van der Waals surface area (Å²) in [6.45, 7) is 4.63. The minimum Gasteiger partial charge on any atom is -0.330 e. The summed E-state index contributed by atoms with van der Waals surface area (Å²) in [5.41, 5.74) is 2.26. The first-order valence-corrected chi connectivity index (χ1v) is 9.92. The second-order valence-electron chi connectivity index (χ2n) is 6.15. The van der Waals surface area contributed by atoms with Crippen molar-refractivity contribution in [1.29, 1.82) is 0 Å². The van der Waals surface area contributed by atoms with E-state index < -0.39 is 0 Å². The molecule has 2 heterocycles. The van der Waals surface area contributed by atoms with E-state index in [1.807, 2.05) is 35.2 Å². The number of rotatable bonds is 6. The molecule has 1 aromatic heterocycles. The maximum Gasteiger partial charge on any atom is 0.243 e. The number of alkyl halides is 1. The number of hydrogen-bond acceptors (Lipinski definition) is 3. The molecule has 2 amide bonds. The smallest absolute Gasteiger partial charge is 0.243 e. The Morgan fingerprint density at radius 1 is 1.31 bits per heavy atom. The monoisotopic (exact) mass is 388 g/mol. The number of nitrogens with zero attached hydrogens (tertiary/aromatic N) is 2. The van der Waals surface area contributed by atoms with E-state index in [4.69, 9.17) is 11.6 Å². The Balaban J connectivity index is 1.88. The molecule has 3 rings (SSSR count). The minimum absolute atomic E-state index is 0.0143. The Hall–Kier alpha value is -2.11. The van der Waals surface area contributed by atoms with E-state index in [2.05, 4.69) is 18.0 Å². The van der Waals surface area contributed by atoms with E-state index >= 15 is 0 Å². The second-order valence-corrected chi connectivity index (χ2v) is 7.41. The van der Waals surface area contributed by atoms with Gasteiger partial charge in [0.15, 0.2) is 0 Å². The lowest BCUT2D eigenvalue weighted by atomic mass is 9.93. The van der Waals surface area contributed by atoms with Crippen molar-refractivity contribution in [2.24, 2.45) is 0 Å². The van der Waals surface area contributed by atoms with E-state index in [9.17, 15) is 9.59 Å². The summed E-state index contributed by atoms with van der Waals surface area (Å²) >= 11 is 7.41. The average molecular weight is 389 g/mol. The molecule has 1 aliphatic rings. The lowest BCUT2D eigenvalue weighted by Gasteiger charge is -2.37. The van der Waals surface area contributed by atoms with Gasteiger partial charge in [0.25, 0.3) is 0 Å². The van der Waals surface area contributed by atoms with Gasteiger partial charge in [-0.25, -0.2) is 0 Å². The number of thiophene rings is 1. The number of hydrogen-bond donors (Lipinski definition) is 0. The van der Waals surface area contributed by atoms with Crippen molar-refractivity contribution in [3.8, 4) is 0 Å². The van der Waals surface area contributed by atoms with Crippen LogP contribution in [0.5, 0.6) is 0 Å². The SMILES string of the molecule is C=CCN(CC(=O)N1CCc2sccc2[C@H]1c1ccccc1)C(=O)CCl. The van der Waals surface area contributed by atoms with Crippen LogP contribution in [0.2, 0.25) is 0 Å². The Kier molecular flexibility index (Phi) is 6.12. The van der Waals surface area contributed by atoms with Crippen LogP contribution in [0.1, 0.15) is 22.0 Å². The van der Waals surface area contributed by atoms with Gasteiger partial charge in [0, 0.05) is 18.0 Å². The maximum atomic E-state index is 13.1. The van der Waals surface area contributed by atoms with Gasteiger partial charge in [-0.05, 0) is 29.0 Å². The zero-order valence-corrected chi connectivity index (χ0v) is 16.0. The molecule has 2 aromatic rings. The average Bonchev–Trinajstić information content (AvgIpc) is 3.15. The lowest BCUT2D eigenvalue weighted by Crippen LogP contribution is -2.47. The van der Waals surface area contributed by atoms with Gasteiger partial charge in [-0.15, -0.1) is 29.5 Å². The first kappa shape index (κ1) is 18.7. The molecule has 136 valence electrons. The number of benzene rings is 1. The number of carbonyl (C=O) groups excluding carboxylic acids is 2. The summed E-state index contributed by atoms with van der Waals surface area (Å²) < 4.78 is 0. The van der Waals surface area contributed by atoms with E-state index in [0.717, 1.165) is 12.0 Å². The van der Waals surface area contributed by atoms with Crippen molar-refractivity contribution in [2.75, 3.05) is 25.5 Å². The van der Waals surface area contributed by atoms with E-state index in [1.54, 1.807) is 17.4 Å². The first-order chi connectivity index (χ1) is 12.7. The number of amides is 2. The molecule has 0 radical (unpaired) electrons. The number of halogens is 1. The van der Waals surface area contributed by atoms with Crippen molar-refractivity contribution in [2.45, 2.75) is 12.5 Å². The van der Waals surface area contributed by atoms with E-state index in [-0.39, 0.29) is 30.3 Å². The van der Waals surface area contributed by atoms with Crippen LogP contribution in [-0.2, 0) is 16.0 Å². The topological polar surface area (TPSA) is 40.6 Å². The third-order valence-corrected chi connectivity index (χ3v) is 5.77. The van der Waals surface area contributed by atoms with Crippen LogP contribution in [0, 0.1) is 0 Å². The molecule has 4 nitrogen and oxygen atoms in total. The Labute approximate surface area is 162 Å². The van der Waals surface area contributed by atoms with Crippen molar-refractivity contribution in [3.05, 3.63) is 70.4 Å². The summed E-state index contributed by atoms with van der Waals surface area (Å²) in [5.74, 6) is -0.474. The van der Waals surface area contributed by atoms with Gasteiger partial charge in [-0.1, -0.05) is 36.4 Å². The molecule has 0 spiro atoms. The molecule has 1 atom stereocenters. The van der Waals surface area contributed by atoms with E-state index in [0.29, 0.717) is 13.1 Å². The van der Waals surface area contributed by atoms with E-state index in [1.165, 1.54) is 15.3 Å². The first-order valence-electron chi connectivity index (χ1n) is 8.51. The predicted molar refractivity (Wildman–Crippen MR) is 106 cm³/mol. The zero-order valence-electron chi connectivity index (χ0n) is 14.4. The van der Waals surface area contributed by atoms with Crippen LogP contribution in [0.25, 0.3) is 0 Å². The predicted octanol–water partition coefficient (Wildman–Crippen LogP) is 3.48. The fourth-order valence-electron chi connectivity index (χ4n) is 3.33. The molecular formula is C20H21ClN2O2S. The normalized spacial score (nSPS) is 16.0. The molecule has 26 heavy (non-hydrogen) atoms. The van der Waals surface area contributed by atoms with Gasteiger partial charge in [0.05, 0.1) is 6.04 Å². The Morgan fingerprint density at radius 3 is 2.77 bits per heavy atom. The van der Waals surface area contributed by atoms with Gasteiger partial charge < -0.3 is 9.80 Å². The lowest BCUT2D eigenvalue weighted by molar-refractivity contribution is -0.140. The molecule has 0 unspecified atom stereocenters. The van der Waals surface area contributed by atoms with Gasteiger partial charge in [0.1, 0.15) is 12.4 Å². The molecule has 0 saturated heterocycles. The second kappa shape index (κ2) is 8.52. The van der Waals surface area contributed by atoms with Crippen LogP contribution in [0.3, 0.4) is 0 Å². The molecule has 1 aromatic carbocycles. The van der Waals surface area contributed by atoms with Gasteiger partial charge in [0.2, 0.25) is 11.8 Å². The van der Waals surface area contributed by atoms with Crippen molar-refractivity contribution < 1.29 is 9.59 Å². The minimum atomic E-state index is -0.260. The molecular weight excluding hydrogens is 368 g/mol. The summed E-state index contributed by atoms with van der Waals surface area (Å²) in [6, 6.07) is 12.0. The molecule has 6 heteroatoms. The third kappa shape index (κ3) is 3.84. The van der Waals surface area contributed by atoms with Crippen molar-refractivity contribution >= 4 is 34.8 Å². The highest BCUT2D eigenvalue weighted by Gasteiger charge is 2.33. The largest absolute Gasteiger partial charge is 0.330 e. The van der Waals surface area contributed by atoms with Gasteiger partial charge in [-0.2, -0.15) is 0 Å². The van der Waals surface area contributed by atoms with Gasteiger partial charge >= 0.3 is 0 Å². The summed E-state index contributed by atoms with van der Waals surface area (Å²) in [6.07, 6.45) is 2.45. The van der Waals surface area contributed by atoms with Gasteiger partial charge in [-0.3, -0.25) is 9.59 Å². The van der Waals surface area contributed by atoms with Crippen LogP contribution in [0.15, 0.2) is 54.4 Å². The fraction of sp³-hybridized carbons (Fsp3) is 0.300. The summed E-state index contributed by atoms with van der Waals surface area (Å²) in [4.78, 5) is 29.7. The van der Waals surface area contributed by atoms with Crippen LogP contribution >= 0.6 is 22.9 Å². The highest BCUT2D eigenvalue weighted by atomic mass is 35.5. The quantitative estimate of drug-likeness (QED) is 0.561. The number of fused-ring (bicyclic) bond motifs is 1. The van der Waals surface area contributed by atoms with Crippen LogP contribution in [-0.4, -0.2) is 47.1 Å². The summed E-state index contributed by atoms with van der Waals surface area (Å²) in [5, 5.41) is 2.08. The van der Waals surface area contributed by atoms with Crippen LogP contribution < -0.4 is 0 Å². The summed E-state index contributed by atoms with van der Waals surface area (Å²) in [7, 11) is 0. The Bertz CT molecular complexity index is 790. The third-order valence-electron chi connectivity index (χ3n) is 4.54. The fourth-order valence-corrected chi connectivity index (χ4v) is 4.40. The van der Waals surface area contributed by atoms with Crippen molar-refractivity contribution in [1.82, 2.24) is 9.80 Å². The molecule has 0 bridgehead atoms. The Morgan fingerprint density at radius 2 is 2.08 bits per heavy atom. The maximum absolute atomic E-state index is 13.1. The molecule has 0 fully saturated rings. The van der Waals surface area contributed by atoms with Crippen LogP contribution in [0.4, 0.5) is 0 Å². The standard InChI is InChI=1S/C20H21ClN2O2S/c1-2-10-22(18(24)13-21)14-19(25)23-11-8-17-16(9-12-26-17)20(23)15-6-4-3-5-7-15/h2-7,9,12,20H,1,8,10-11,13-14H2/t20-/m1/s1. The highest BCUT2D eigenvalue weighted by Crippen LogP contribution is 2.37. The molecule has 0 aliphatic carbocycles. The molecule has 0 saturated carbocycles. The van der Waals surface area contributed by atoms with Crippen molar-refractivity contribution in [3.63, 3.8) is 0 Å². The number of carbonyl (C=O) groups is 2. The molecule has 0 N–H and O–H groups in total. The highest BCUT2D eigenvalue weighted by molar-refractivity contribution is 7.10.